The Morgan fingerprint density at radius 1 is 1.28 bits per heavy atom. The van der Waals surface area contributed by atoms with Crippen LogP contribution in [-0.4, -0.2) is 26.2 Å². The van der Waals surface area contributed by atoms with Crippen LogP contribution in [0, 0.1) is 0 Å². The molecule has 2 aliphatic heterocycles. The van der Waals surface area contributed by atoms with Crippen molar-refractivity contribution in [2.24, 2.45) is 0 Å². The fraction of sp³-hybridized carbons (Fsp3) is 0.462. The molecular formula is C13H17N3O2. The van der Waals surface area contributed by atoms with Crippen molar-refractivity contribution in [3.63, 3.8) is 0 Å². The molecule has 2 heterocycles. The fourth-order valence-corrected chi connectivity index (χ4v) is 2.55. The number of nitrogens with zero attached hydrogens (tertiary/aromatic N) is 1. The van der Waals surface area contributed by atoms with Crippen molar-refractivity contribution in [3.05, 3.63) is 23.3 Å². The van der Waals surface area contributed by atoms with Crippen LogP contribution in [0.3, 0.4) is 0 Å². The molecule has 1 aromatic rings. The van der Waals surface area contributed by atoms with E-state index in [9.17, 15) is 4.79 Å². The van der Waals surface area contributed by atoms with Crippen molar-refractivity contribution in [1.29, 1.82) is 0 Å². The molecule has 0 aliphatic carbocycles. The molecule has 0 saturated carbocycles. The number of fused-ring (bicyclic) bond motifs is 1. The maximum absolute atomic E-state index is 11.9. The fourth-order valence-electron chi connectivity index (χ4n) is 2.55. The number of amides is 2. The van der Waals surface area contributed by atoms with Gasteiger partial charge in [-0.25, -0.2) is 4.79 Å². The van der Waals surface area contributed by atoms with E-state index >= 15 is 0 Å². The summed E-state index contributed by atoms with van der Waals surface area (Å²) < 4.78 is 5.42. The molecule has 1 aromatic carbocycles. The summed E-state index contributed by atoms with van der Waals surface area (Å²) in [5.74, 6) is 0.773. The molecule has 2 aliphatic rings. The van der Waals surface area contributed by atoms with Gasteiger partial charge in [-0.2, -0.15) is 0 Å². The van der Waals surface area contributed by atoms with Crippen molar-refractivity contribution < 1.29 is 9.53 Å². The first-order chi connectivity index (χ1) is 8.79. The van der Waals surface area contributed by atoms with Gasteiger partial charge in [0.25, 0.3) is 0 Å². The number of carbonyl (C=O) groups excluding carboxylic acids is 1. The number of nitrogens with one attached hydrogen (secondary N) is 2. The van der Waals surface area contributed by atoms with Crippen LogP contribution in [0.15, 0.2) is 12.1 Å². The van der Waals surface area contributed by atoms with Gasteiger partial charge in [0.2, 0.25) is 0 Å². The zero-order chi connectivity index (χ0) is 12.5. The minimum Gasteiger partial charge on any atom is -0.495 e. The lowest BCUT2D eigenvalue weighted by Crippen LogP contribution is -2.46. The standard InChI is InChI=1S/C13H17N3O2/c1-18-12-6-10-8-14-7-9(10)5-11(12)16-4-2-3-15-13(16)17/h5-6,14H,2-4,7-8H2,1H3,(H,15,17). The van der Waals surface area contributed by atoms with Gasteiger partial charge in [-0.1, -0.05) is 0 Å². The number of hydrogen-bond acceptors (Lipinski definition) is 3. The molecule has 0 unspecified atom stereocenters. The summed E-state index contributed by atoms with van der Waals surface area (Å²) in [4.78, 5) is 13.7. The molecule has 5 heteroatoms. The molecule has 96 valence electrons. The lowest BCUT2D eigenvalue weighted by atomic mass is 10.1. The van der Waals surface area contributed by atoms with E-state index in [-0.39, 0.29) is 6.03 Å². The van der Waals surface area contributed by atoms with Crippen LogP contribution in [0.4, 0.5) is 10.5 Å². The first kappa shape index (κ1) is 11.3. The Bertz CT molecular complexity index is 487. The summed E-state index contributed by atoms with van der Waals surface area (Å²) in [6, 6.07) is 4.07. The number of anilines is 1. The molecule has 5 nitrogen and oxygen atoms in total. The van der Waals surface area contributed by atoms with E-state index in [1.807, 2.05) is 6.07 Å². The normalized spacial score (nSPS) is 18.5. The number of urea groups is 1. The molecule has 0 spiro atoms. The van der Waals surface area contributed by atoms with Gasteiger partial charge in [0.15, 0.2) is 0 Å². The third-order valence-electron chi connectivity index (χ3n) is 3.50. The summed E-state index contributed by atoms with van der Waals surface area (Å²) in [6.45, 7) is 3.23. The average molecular weight is 247 g/mol. The zero-order valence-corrected chi connectivity index (χ0v) is 10.5. The van der Waals surface area contributed by atoms with Gasteiger partial charge < -0.3 is 15.4 Å². The van der Waals surface area contributed by atoms with E-state index in [2.05, 4.69) is 16.7 Å². The van der Waals surface area contributed by atoms with Gasteiger partial charge in [-0.05, 0) is 29.7 Å². The van der Waals surface area contributed by atoms with Gasteiger partial charge in [-0.3, -0.25) is 4.90 Å². The number of hydrogen-bond donors (Lipinski definition) is 2. The Morgan fingerprint density at radius 3 is 2.78 bits per heavy atom. The highest BCUT2D eigenvalue weighted by molar-refractivity contribution is 5.94. The number of methoxy groups -OCH3 is 1. The number of ether oxygens (including phenoxy) is 1. The second-order valence-corrected chi connectivity index (χ2v) is 4.63. The smallest absolute Gasteiger partial charge is 0.321 e. The Kier molecular flexibility index (Phi) is 2.83. The quantitative estimate of drug-likeness (QED) is 0.826. The lowest BCUT2D eigenvalue weighted by Gasteiger charge is -2.29. The van der Waals surface area contributed by atoms with Crippen molar-refractivity contribution in [1.82, 2.24) is 10.6 Å². The maximum Gasteiger partial charge on any atom is 0.321 e. The molecule has 0 radical (unpaired) electrons. The first-order valence-electron chi connectivity index (χ1n) is 6.25. The number of rotatable bonds is 2. The van der Waals surface area contributed by atoms with E-state index < -0.39 is 0 Å². The molecular weight excluding hydrogens is 230 g/mol. The first-order valence-corrected chi connectivity index (χ1v) is 6.25. The molecule has 2 amide bonds. The molecule has 3 rings (SSSR count). The SMILES string of the molecule is COc1cc2c(cc1N1CCCNC1=O)CNC2. The number of benzene rings is 1. The minimum atomic E-state index is -0.0366. The third kappa shape index (κ3) is 1.80. The van der Waals surface area contributed by atoms with E-state index in [0.717, 1.165) is 44.0 Å². The van der Waals surface area contributed by atoms with Gasteiger partial charge in [-0.15, -0.1) is 0 Å². The lowest BCUT2D eigenvalue weighted by molar-refractivity contribution is 0.242. The summed E-state index contributed by atoms with van der Waals surface area (Å²) in [7, 11) is 1.65. The largest absolute Gasteiger partial charge is 0.495 e. The summed E-state index contributed by atoms with van der Waals surface area (Å²) in [5.41, 5.74) is 3.38. The van der Waals surface area contributed by atoms with Crippen LogP contribution in [0.25, 0.3) is 0 Å². The number of carbonyl (C=O) groups is 1. The summed E-state index contributed by atoms with van der Waals surface area (Å²) in [6.07, 6.45) is 0.963. The average Bonchev–Trinajstić information content (AvgIpc) is 2.85. The predicted octanol–water partition coefficient (Wildman–Crippen LogP) is 1.22. The van der Waals surface area contributed by atoms with Gasteiger partial charge in [0.1, 0.15) is 5.75 Å². The summed E-state index contributed by atoms with van der Waals surface area (Å²) in [5, 5.41) is 6.17. The Labute approximate surface area is 106 Å². The molecule has 0 aromatic heterocycles. The highest BCUT2D eigenvalue weighted by atomic mass is 16.5. The van der Waals surface area contributed by atoms with Gasteiger partial charge in [0.05, 0.1) is 12.8 Å². The van der Waals surface area contributed by atoms with E-state index in [1.54, 1.807) is 12.0 Å². The Hall–Kier alpha value is -1.75. The molecule has 0 bridgehead atoms. The van der Waals surface area contributed by atoms with E-state index in [1.165, 1.54) is 11.1 Å². The van der Waals surface area contributed by atoms with Crippen molar-refractivity contribution in [3.8, 4) is 5.75 Å². The van der Waals surface area contributed by atoms with Crippen LogP contribution >= 0.6 is 0 Å². The highest BCUT2D eigenvalue weighted by Crippen LogP contribution is 2.34. The minimum absolute atomic E-state index is 0.0366. The van der Waals surface area contributed by atoms with Crippen molar-refractivity contribution >= 4 is 11.7 Å². The predicted molar refractivity (Wildman–Crippen MR) is 68.9 cm³/mol. The van der Waals surface area contributed by atoms with Gasteiger partial charge in [0, 0.05) is 26.2 Å². The third-order valence-corrected chi connectivity index (χ3v) is 3.50. The van der Waals surface area contributed by atoms with Crippen LogP contribution in [-0.2, 0) is 13.1 Å². The molecule has 1 saturated heterocycles. The second-order valence-electron chi connectivity index (χ2n) is 4.63. The van der Waals surface area contributed by atoms with Gasteiger partial charge >= 0.3 is 6.03 Å². The topological polar surface area (TPSA) is 53.6 Å². The van der Waals surface area contributed by atoms with Crippen molar-refractivity contribution in [2.45, 2.75) is 19.5 Å². The molecule has 0 atom stereocenters. The molecule has 2 N–H and O–H groups in total. The van der Waals surface area contributed by atoms with Crippen molar-refractivity contribution in [2.75, 3.05) is 25.1 Å². The van der Waals surface area contributed by atoms with Crippen LogP contribution in [0.5, 0.6) is 5.75 Å². The van der Waals surface area contributed by atoms with Crippen LogP contribution in [0.2, 0.25) is 0 Å². The highest BCUT2D eigenvalue weighted by Gasteiger charge is 2.24. The molecule has 18 heavy (non-hydrogen) atoms. The Balaban J connectivity index is 2.01. The van der Waals surface area contributed by atoms with Crippen LogP contribution in [0.1, 0.15) is 17.5 Å². The van der Waals surface area contributed by atoms with Crippen LogP contribution < -0.4 is 20.3 Å². The zero-order valence-electron chi connectivity index (χ0n) is 10.5. The van der Waals surface area contributed by atoms with E-state index in [4.69, 9.17) is 4.74 Å². The van der Waals surface area contributed by atoms with E-state index in [0.29, 0.717) is 0 Å². The monoisotopic (exact) mass is 247 g/mol. The maximum atomic E-state index is 11.9. The molecule has 1 fully saturated rings. The second kappa shape index (κ2) is 4.49. The summed E-state index contributed by atoms with van der Waals surface area (Å²) >= 11 is 0. The Morgan fingerprint density at radius 2 is 2.06 bits per heavy atom.